The Bertz CT molecular complexity index is 354. The summed E-state index contributed by atoms with van der Waals surface area (Å²) in [6.45, 7) is 0.390. The molecule has 0 aromatic heterocycles. The highest BCUT2D eigenvalue weighted by Crippen LogP contribution is 2.34. The van der Waals surface area contributed by atoms with E-state index < -0.39 is 0 Å². The summed E-state index contributed by atoms with van der Waals surface area (Å²) < 4.78 is 0. The number of aliphatic hydroxyl groups excluding tert-OH is 1. The zero-order valence-corrected chi connectivity index (χ0v) is 8.46. The molecule has 2 rings (SSSR count). The second-order valence-electron chi connectivity index (χ2n) is 3.03. The molecule has 0 spiro atoms. The van der Waals surface area contributed by atoms with Gasteiger partial charge < -0.3 is 10.0 Å². The zero-order valence-electron chi connectivity index (χ0n) is 7.64. The normalized spacial score (nSPS) is 15.5. The molecule has 0 atom stereocenters. The first-order valence-electron chi connectivity index (χ1n) is 4.46. The number of aliphatic hydroxyl groups is 1. The number of hydrogen-bond donors (Lipinski definition) is 1. The van der Waals surface area contributed by atoms with Gasteiger partial charge in [0.25, 0.3) is 0 Å². The molecule has 1 amide bonds. The lowest BCUT2D eigenvalue weighted by Gasteiger charge is -2.28. The minimum atomic E-state index is 0.00470. The van der Waals surface area contributed by atoms with Crippen LogP contribution in [0.15, 0.2) is 29.2 Å². The molecule has 4 heteroatoms. The van der Waals surface area contributed by atoms with Gasteiger partial charge in [-0.1, -0.05) is 12.1 Å². The second-order valence-corrected chi connectivity index (χ2v) is 4.04. The molecular weight excluding hydrogens is 198 g/mol. The lowest BCUT2D eigenvalue weighted by molar-refractivity contribution is -0.116. The van der Waals surface area contributed by atoms with Crippen LogP contribution in [-0.4, -0.2) is 29.9 Å². The van der Waals surface area contributed by atoms with Crippen molar-refractivity contribution in [3.05, 3.63) is 24.3 Å². The van der Waals surface area contributed by atoms with Gasteiger partial charge in [-0.15, -0.1) is 11.8 Å². The zero-order chi connectivity index (χ0) is 9.97. The smallest absolute Gasteiger partial charge is 0.237 e. The van der Waals surface area contributed by atoms with Crippen LogP contribution in [0, 0.1) is 0 Å². The number of carbonyl (C=O) groups excluding carboxylic acids is 1. The Morgan fingerprint density at radius 3 is 3.00 bits per heavy atom. The van der Waals surface area contributed by atoms with Gasteiger partial charge in [0.1, 0.15) is 0 Å². The van der Waals surface area contributed by atoms with E-state index in [1.165, 1.54) is 0 Å². The number of thioether (sulfide) groups is 1. The van der Waals surface area contributed by atoms with Gasteiger partial charge in [0, 0.05) is 11.4 Å². The average Bonchev–Trinajstić information content (AvgIpc) is 2.23. The number of nitrogens with zero attached hydrogens (tertiary/aromatic N) is 1. The molecule has 3 nitrogen and oxygen atoms in total. The summed E-state index contributed by atoms with van der Waals surface area (Å²) in [4.78, 5) is 14.3. The average molecular weight is 209 g/mol. The fourth-order valence-corrected chi connectivity index (χ4v) is 2.43. The lowest BCUT2D eigenvalue weighted by Crippen LogP contribution is -2.37. The molecule has 14 heavy (non-hydrogen) atoms. The molecule has 74 valence electrons. The van der Waals surface area contributed by atoms with Crippen LogP contribution in [0.4, 0.5) is 5.69 Å². The van der Waals surface area contributed by atoms with E-state index in [1.54, 1.807) is 16.7 Å². The van der Waals surface area contributed by atoms with Crippen molar-refractivity contribution in [3.63, 3.8) is 0 Å². The Kier molecular flexibility index (Phi) is 2.74. The minimum Gasteiger partial charge on any atom is -0.395 e. The molecule has 1 N–H and O–H groups in total. The maximum absolute atomic E-state index is 11.5. The number of rotatable bonds is 2. The molecule has 0 fully saturated rings. The number of anilines is 1. The van der Waals surface area contributed by atoms with Gasteiger partial charge in [-0.25, -0.2) is 0 Å². The highest BCUT2D eigenvalue weighted by atomic mass is 32.2. The Balaban J connectivity index is 2.36. The van der Waals surface area contributed by atoms with Gasteiger partial charge in [-0.3, -0.25) is 4.79 Å². The van der Waals surface area contributed by atoms with E-state index in [4.69, 9.17) is 5.11 Å². The van der Waals surface area contributed by atoms with Crippen LogP contribution in [0.1, 0.15) is 0 Å². The predicted molar refractivity (Wildman–Crippen MR) is 56.6 cm³/mol. The van der Waals surface area contributed by atoms with Crippen LogP contribution in [0.5, 0.6) is 0 Å². The molecule has 0 bridgehead atoms. The van der Waals surface area contributed by atoms with Gasteiger partial charge in [-0.2, -0.15) is 0 Å². The van der Waals surface area contributed by atoms with Crippen molar-refractivity contribution in [2.24, 2.45) is 0 Å². The molecule has 0 aliphatic carbocycles. The molecule has 1 aliphatic heterocycles. The Labute approximate surface area is 86.7 Å². The van der Waals surface area contributed by atoms with Gasteiger partial charge in [0.05, 0.1) is 18.0 Å². The summed E-state index contributed by atoms with van der Waals surface area (Å²) in [5.74, 6) is 0.541. The summed E-state index contributed by atoms with van der Waals surface area (Å²) in [7, 11) is 0. The first kappa shape index (κ1) is 9.55. The topological polar surface area (TPSA) is 40.5 Å². The van der Waals surface area contributed by atoms with Crippen LogP contribution < -0.4 is 4.90 Å². The summed E-state index contributed by atoms with van der Waals surface area (Å²) in [5.41, 5.74) is 0.919. The Morgan fingerprint density at radius 2 is 2.21 bits per heavy atom. The van der Waals surface area contributed by atoms with Gasteiger partial charge in [0.2, 0.25) is 5.91 Å². The number of benzene rings is 1. The molecule has 0 unspecified atom stereocenters. The second kappa shape index (κ2) is 4.02. The fraction of sp³-hybridized carbons (Fsp3) is 0.300. The van der Waals surface area contributed by atoms with Crippen molar-refractivity contribution in [2.45, 2.75) is 4.90 Å². The number of amides is 1. The summed E-state index contributed by atoms with van der Waals surface area (Å²) >= 11 is 1.55. The maximum atomic E-state index is 11.5. The molecule has 1 aromatic carbocycles. The molecule has 1 heterocycles. The number of para-hydroxylation sites is 1. The molecule has 1 aromatic rings. The molecular formula is C10H11NO2S. The van der Waals surface area contributed by atoms with Crippen LogP contribution >= 0.6 is 11.8 Å². The van der Waals surface area contributed by atoms with Crippen molar-refractivity contribution in [3.8, 4) is 0 Å². The first-order valence-corrected chi connectivity index (χ1v) is 5.44. The van der Waals surface area contributed by atoms with Crippen molar-refractivity contribution < 1.29 is 9.90 Å². The summed E-state index contributed by atoms with van der Waals surface area (Å²) in [5, 5.41) is 8.86. The van der Waals surface area contributed by atoms with Crippen molar-refractivity contribution in [2.75, 3.05) is 23.8 Å². The molecule has 1 aliphatic rings. The molecule has 0 saturated heterocycles. The van der Waals surface area contributed by atoms with E-state index >= 15 is 0 Å². The third-order valence-corrected chi connectivity index (χ3v) is 3.18. The number of fused-ring (bicyclic) bond motifs is 1. The van der Waals surface area contributed by atoms with E-state index in [-0.39, 0.29) is 12.5 Å². The van der Waals surface area contributed by atoms with Crippen LogP contribution in [0.2, 0.25) is 0 Å². The molecule has 0 radical (unpaired) electrons. The van der Waals surface area contributed by atoms with E-state index in [2.05, 4.69) is 0 Å². The van der Waals surface area contributed by atoms with Gasteiger partial charge >= 0.3 is 0 Å². The van der Waals surface area contributed by atoms with Crippen LogP contribution in [0.25, 0.3) is 0 Å². The van der Waals surface area contributed by atoms with E-state index in [0.717, 1.165) is 10.6 Å². The monoisotopic (exact) mass is 209 g/mol. The third kappa shape index (κ3) is 1.63. The third-order valence-electron chi connectivity index (χ3n) is 2.13. The van der Waals surface area contributed by atoms with Crippen LogP contribution in [0.3, 0.4) is 0 Å². The van der Waals surface area contributed by atoms with E-state index in [0.29, 0.717) is 12.3 Å². The minimum absolute atomic E-state index is 0.00470. The fourth-order valence-electron chi connectivity index (χ4n) is 1.50. The van der Waals surface area contributed by atoms with E-state index in [9.17, 15) is 4.79 Å². The highest BCUT2D eigenvalue weighted by molar-refractivity contribution is 8.00. The largest absolute Gasteiger partial charge is 0.395 e. The number of β-amino-alcohol motifs (C(OH)–C–C–N with tert-alkyl or cyclic N) is 1. The lowest BCUT2D eigenvalue weighted by atomic mass is 10.2. The van der Waals surface area contributed by atoms with Crippen molar-refractivity contribution in [1.29, 1.82) is 0 Å². The Hall–Kier alpha value is -1.00. The van der Waals surface area contributed by atoms with Gasteiger partial charge in [-0.05, 0) is 12.1 Å². The number of hydrogen-bond acceptors (Lipinski definition) is 3. The predicted octanol–water partition coefficient (Wildman–Crippen LogP) is 1.12. The quantitative estimate of drug-likeness (QED) is 0.793. The maximum Gasteiger partial charge on any atom is 0.237 e. The Morgan fingerprint density at radius 1 is 1.43 bits per heavy atom. The SMILES string of the molecule is O=C1CSc2ccccc2N1CCO. The van der Waals surface area contributed by atoms with Crippen molar-refractivity contribution >= 4 is 23.4 Å². The van der Waals surface area contributed by atoms with Gasteiger partial charge in [0.15, 0.2) is 0 Å². The number of carbonyl (C=O) groups is 1. The first-order chi connectivity index (χ1) is 6.83. The highest BCUT2D eigenvalue weighted by Gasteiger charge is 2.23. The summed E-state index contributed by atoms with van der Waals surface area (Å²) in [6, 6.07) is 7.77. The van der Waals surface area contributed by atoms with Crippen molar-refractivity contribution in [1.82, 2.24) is 0 Å². The van der Waals surface area contributed by atoms with Crippen LogP contribution in [-0.2, 0) is 4.79 Å². The summed E-state index contributed by atoms with van der Waals surface area (Å²) in [6.07, 6.45) is 0. The standard InChI is InChI=1S/C10H11NO2S/c12-6-5-11-8-3-1-2-4-9(8)14-7-10(11)13/h1-4,12H,5-7H2. The van der Waals surface area contributed by atoms with E-state index in [1.807, 2.05) is 24.3 Å². The molecule has 0 saturated carbocycles.